The molecule has 0 fully saturated rings. The molecular weight excluding hydrogens is 232 g/mol. The first-order chi connectivity index (χ1) is 8.16. The lowest BCUT2D eigenvalue weighted by molar-refractivity contribution is 0.400. The second-order valence-corrected chi connectivity index (χ2v) is 4.90. The molecule has 0 aliphatic carbocycles. The summed E-state index contributed by atoms with van der Waals surface area (Å²) in [5.41, 5.74) is 2.11. The van der Waals surface area contributed by atoms with E-state index in [1.807, 2.05) is 18.2 Å². The summed E-state index contributed by atoms with van der Waals surface area (Å²) in [6, 6.07) is 10.2. The minimum Gasteiger partial charge on any atom is -0.309 e. The van der Waals surface area contributed by atoms with Crippen molar-refractivity contribution < 1.29 is 0 Å². The molecule has 3 heteroatoms. The number of nitrogens with zero attached hydrogens (tertiary/aromatic N) is 2. The minimum atomic E-state index is 0.641. The van der Waals surface area contributed by atoms with Gasteiger partial charge in [-0.05, 0) is 51.2 Å². The number of hydrogen-bond acceptors (Lipinski definition) is 2. The van der Waals surface area contributed by atoms with Crippen molar-refractivity contribution in [2.45, 2.75) is 12.8 Å². The van der Waals surface area contributed by atoms with Crippen molar-refractivity contribution in [3.8, 4) is 0 Å². The van der Waals surface area contributed by atoms with Crippen molar-refractivity contribution in [1.82, 2.24) is 9.88 Å². The number of pyridine rings is 1. The average molecular weight is 249 g/mol. The lowest BCUT2D eigenvalue weighted by Gasteiger charge is -2.10. The number of hydrogen-bond donors (Lipinski definition) is 0. The van der Waals surface area contributed by atoms with Crippen LogP contribution in [0.3, 0.4) is 0 Å². The van der Waals surface area contributed by atoms with Crippen LogP contribution >= 0.6 is 11.6 Å². The quantitative estimate of drug-likeness (QED) is 0.772. The number of fused-ring (bicyclic) bond motifs is 1. The molecule has 0 saturated carbocycles. The van der Waals surface area contributed by atoms with Crippen molar-refractivity contribution in [2.24, 2.45) is 0 Å². The van der Waals surface area contributed by atoms with Crippen LogP contribution in [0.1, 0.15) is 12.0 Å². The third kappa shape index (κ3) is 3.18. The third-order valence-electron chi connectivity index (χ3n) is 2.80. The van der Waals surface area contributed by atoms with Gasteiger partial charge in [0.1, 0.15) is 5.15 Å². The largest absolute Gasteiger partial charge is 0.309 e. The van der Waals surface area contributed by atoms with Gasteiger partial charge in [-0.2, -0.15) is 0 Å². The molecule has 1 aromatic carbocycles. The second kappa shape index (κ2) is 5.48. The van der Waals surface area contributed by atoms with Gasteiger partial charge in [0.05, 0.1) is 5.52 Å². The number of aryl methyl sites for hydroxylation is 1. The van der Waals surface area contributed by atoms with E-state index >= 15 is 0 Å². The Kier molecular flexibility index (Phi) is 3.97. The molecule has 0 bridgehead atoms. The van der Waals surface area contributed by atoms with Gasteiger partial charge in [-0.25, -0.2) is 4.98 Å². The van der Waals surface area contributed by atoms with Crippen LogP contribution in [0.5, 0.6) is 0 Å². The van der Waals surface area contributed by atoms with Crippen LogP contribution in [0.25, 0.3) is 10.9 Å². The van der Waals surface area contributed by atoms with Crippen molar-refractivity contribution in [2.75, 3.05) is 20.6 Å². The van der Waals surface area contributed by atoms with E-state index in [2.05, 4.69) is 36.1 Å². The topological polar surface area (TPSA) is 16.1 Å². The van der Waals surface area contributed by atoms with Gasteiger partial charge < -0.3 is 4.90 Å². The maximum Gasteiger partial charge on any atom is 0.132 e. The molecule has 17 heavy (non-hydrogen) atoms. The monoisotopic (exact) mass is 248 g/mol. The van der Waals surface area contributed by atoms with E-state index in [-0.39, 0.29) is 0 Å². The molecule has 0 atom stereocenters. The highest BCUT2D eigenvalue weighted by Gasteiger charge is 2.04. The Morgan fingerprint density at radius 3 is 2.76 bits per heavy atom. The van der Waals surface area contributed by atoms with E-state index < -0.39 is 0 Å². The predicted molar refractivity (Wildman–Crippen MR) is 73.6 cm³/mol. The zero-order valence-electron chi connectivity index (χ0n) is 10.3. The molecule has 0 radical (unpaired) electrons. The van der Waals surface area contributed by atoms with E-state index in [4.69, 9.17) is 11.6 Å². The highest BCUT2D eigenvalue weighted by Crippen LogP contribution is 2.21. The molecule has 0 N–H and O–H groups in total. The number of para-hydroxylation sites is 1. The van der Waals surface area contributed by atoms with Crippen LogP contribution in [0.4, 0.5) is 0 Å². The molecule has 90 valence electrons. The fourth-order valence-corrected chi connectivity index (χ4v) is 2.14. The van der Waals surface area contributed by atoms with Crippen LogP contribution in [-0.4, -0.2) is 30.5 Å². The fourth-order valence-electron chi connectivity index (χ4n) is 1.90. The molecule has 2 aromatic rings. The summed E-state index contributed by atoms with van der Waals surface area (Å²) < 4.78 is 0. The lowest BCUT2D eigenvalue weighted by Crippen LogP contribution is -2.13. The van der Waals surface area contributed by atoms with Crippen LogP contribution in [0.15, 0.2) is 30.3 Å². The summed E-state index contributed by atoms with van der Waals surface area (Å²) in [6.07, 6.45) is 2.08. The number of halogens is 1. The molecule has 0 amide bonds. The first-order valence-corrected chi connectivity index (χ1v) is 6.23. The minimum absolute atomic E-state index is 0.641. The van der Waals surface area contributed by atoms with E-state index in [0.29, 0.717) is 5.15 Å². The highest BCUT2D eigenvalue weighted by molar-refractivity contribution is 6.30. The van der Waals surface area contributed by atoms with Crippen molar-refractivity contribution in [1.29, 1.82) is 0 Å². The molecule has 0 unspecified atom stereocenters. The van der Waals surface area contributed by atoms with Gasteiger partial charge >= 0.3 is 0 Å². The second-order valence-electron chi connectivity index (χ2n) is 4.54. The molecule has 1 heterocycles. The van der Waals surface area contributed by atoms with Gasteiger partial charge in [0, 0.05) is 5.39 Å². The van der Waals surface area contributed by atoms with Gasteiger partial charge in [0.25, 0.3) is 0 Å². The number of aromatic nitrogens is 1. The molecule has 0 aliphatic heterocycles. The van der Waals surface area contributed by atoms with Crippen molar-refractivity contribution >= 4 is 22.5 Å². The molecule has 0 saturated heterocycles. The molecule has 1 aromatic heterocycles. The zero-order chi connectivity index (χ0) is 12.3. The van der Waals surface area contributed by atoms with E-state index in [1.165, 1.54) is 0 Å². The fraction of sp³-hybridized carbons (Fsp3) is 0.357. The highest BCUT2D eigenvalue weighted by atomic mass is 35.5. The molecule has 0 spiro atoms. The summed E-state index contributed by atoms with van der Waals surface area (Å²) in [5.74, 6) is 0. The normalized spacial score (nSPS) is 11.3. The Hall–Kier alpha value is -1.12. The van der Waals surface area contributed by atoms with Gasteiger partial charge in [0.15, 0.2) is 0 Å². The van der Waals surface area contributed by atoms with Gasteiger partial charge in [-0.15, -0.1) is 0 Å². The van der Waals surface area contributed by atoms with Crippen molar-refractivity contribution in [3.05, 3.63) is 41.0 Å². The Bertz CT molecular complexity index is 509. The van der Waals surface area contributed by atoms with Crippen LogP contribution in [0.2, 0.25) is 5.15 Å². The standard InChI is InChI=1S/C14H17ClN2/c1-17(2)9-5-7-12-10-11-6-3-4-8-13(11)16-14(12)15/h3-4,6,8,10H,5,7,9H2,1-2H3. The maximum atomic E-state index is 6.19. The summed E-state index contributed by atoms with van der Waals surface area (Å²) in [6.45, 7) is 1.07. The maximum absolute atomic E-state index is 6.19. The van der Waals surface area contributed by atoms with Crippen LogP contribution in [-0.2, 0) is 6.42 Å². The first-order valence-electron chi connectivity index (χ1n) is 5.86. The van der Waals surface area contributed by atoms with E-state index in [9.17, 15) is 0 Å². The smallest absolute Gasteiger partial charge is 0.132 e. The lowest BCUT2D eigenvalue weighted by atomic mass is 10.1. The molecule has 2 nitrogen and oxygen atoms in total. The van der Waals surface area contributed by atoms with Crippen LogP contribution < -0.4 is 0 Å². The van der Waals surface area contributed by atoms with E-state index in [0.717, 1.165) is 35.9 Å². The summed E-state index contributed by atoms with van der Waals surface area (Å²) >= 11 is 6.19. The third-order valence-corrected chi connectivity index (χ3v) is 3.13. The predicted octanol–water partition coefficient (Wildman–Crippen LogP) is 3.38. The van der Waals surface area contributed by atoms with Gasteiger partial charge in [-0.1, -0.05) is 29.8 Å². The summed E-state index contributed by atoms with van der Waals surface area (Å²) in [7, 11) is 4.17. The Morgan fingerprint density at radius 1 is 1.24 bits per heavy atom. The first kappa shape index (κ1) is 12.3. The molecule has 0 aliphatic rings. The molecular formula is C14H17ClN2. The van der Waals surface area contributed by atoms with Crippen LogP contribution in [0, 0.1) is 0 Å². The zero-order valence-corrected chi connectivity index (χ0v) is 11.0. The Morgan fingerprint density at radius 2 is 2.00 bits per heavy atom. The van der Waals surface area contributed by atoms with Gasteiger partial charge in [-0.3, -0.25) is 0 Å². The van der Waals surface area contributed by atoms with E-state index in [1.54, 1.807) is 0 Å². The van der Waals surface area contributed by atoms with Crippen molar-refractivity contribution in [3.63, 3.8) is 0 Å². The molecule has 2 rings (SSSR count). The van der Waals surface area contributed by atoms with Gasteiger partial charge in [0.2, 0.25) is 0 Å². The Labute approximate surface area is 107 Å². The SMILES string of the molecule is CN(C)CCCc1cc2ccccc2nc1Cl. The average Bonchev–Trinajstić information content (AvgIpc) is 2.29. The number of benzene rings is 1. The Balaban J connectivity index is 2.19. The number of rotatable bonds is 4. The summed E-state index contributed by atoms with van der Waals surface area (Å²) in [4.78, 5) is 6.61. The summed E-state index contributed by atoms with van der Waals surface area (Å²) in [5, 5.41) is 1.80.